The van der Waals surface area contributed by atoms with Gasteiger partial charge in [0.2, 0.25) is 0 Å². The van der Waals surface area contributed by atoms with Crippen LogP contribution in [-0.4, -0.2) is 25.9 Å². The minimum Gasteiger partial charge on any atom is -0.282 e. The zero-order chi connectivity index (χ0) is 19.3. The number of rotatable bonds is 4. The van der Waals surface area contributed by atoms with E-state index in [0.29, 0.717) is 24.0 Å². The summed E-state index contributed by atoms with van der Waals surface area (Å²) in [6, 6.07) is 9.51. The summed E-state index contributed by atoms with van der Waals surface area (Å²) in [6.07, 6.45) is 1.08. The second-order valence-corrected chi connectivity index (χ2v) is 9.68. The molecule has 3 rings (SSSR count). The fourth-order valence-electron chi connectivity index (χ4n) is 3.57. The van der Waals surface area contributed by atoms with Gasteiger partial charge in [0.15, 0.2) is 0 Å². The highest BCUT2D eigenvalue weighted by Gasteiger charge is 2.37. The Hall–Kier alpha value is -1.74. The lowest BCUT2D eigenvalue weighted by Crippen LogP contribution is -2.23. The van der Waals surface area contributed by atoms with Gasteiger partial charge in [0.25, 0.3) is 20.2 Å². The fourth-order valence-corrected chi connectivity index (χ4v) is 5.10. The number of aryl methyl sites for hydroxylation is 2. The molecule has 2 N–H and O–H groups in total. The van der Waals surface area contributed by atoms with Crippen LogP contribution in [0, 0.1) is 13.8 Å². The zero-order valence-electron chi connectivity index (χ0n) is 14.4. The zero-order valence-corrected chi connectivity index (χ0v) is 16.0. The van der Waals surface area contributed by atoms with Crippen LogP contribution in [0.2, 0.25) is 0 Å². The first kappa shape index (κ1) is 19.0. The van der Waals surface area contributed by atoms with Crippen molar-refractivity contribution < 1.29 is 25.9 Å². The molecule has 0 aromatic heterocycles. The van der Waals surface area contributed by atoms with E-state index in [1.165, 1.54) is 12.1 Å². The molecule has 0 aliphatic heterocycles. The van der Waals surface area contributed by atoms with Gasteiger partial charge in [-0.05, 0) is 61.8 Å². The van der Waals surface area contributed by atoms with Gasteiger partial charge < -0.3 is 0 Å². The Morgan fingerprint density at radius 3 is 1.38 bits per heavy atom. The summed E-state index contributed by atoms with van der Waals surface area (Å²) < 4.78 is 65.5. The van der Waals surface area contributed by atoms with Crippen molar-refractivity contribution in [1.82, 2.24) is 0 Å². The molecule has 2 aromatic rings. The summed E-state index contributed by atoms with van der Waals surface area (Å²) >= 11 is 0. The van der Waals surface area contributed by atoms with Crippen LogP contribution < -0.4 is 0 Å². The van der Waals surface area contributed by atoms with E-state index in [1.807, 2.05) is 13.8 Å². The molecular formula is C18H20O6S2. The van der Waals surface area contributed by atoms with Crippen molar-refractivity contribution in [3.8, 4) is 0 Å². The molecule has 26 heavy (non-hydrogen) atoms. The average molecular weight is 396 g/mol. The molecule has 0 saturated heterocycles. The SMILES string of the molecule is Cc1ccc(S(=O)(=O)O)c(C2CC(c3cc(C)ccc3S(=O)(=O)O)C2)c1. The molecule has 0 unspecified atom stereocenters. The third-order valence-electron chi connectivity index (χ3n) is 4.90. The van der Waals surface area contributed by atoms with E-state index in [2.05, 4.69) is 0 Å². The van der Waals surface area contributed by atoms with Crippen LogP contribution in [0.3, 0.4) is 0 Å². The van der Waals surface area contributed by atoms with Gasteiger partial charge in [-0.1, -0.05) is 35.4 Å². The predicted octanol–water partition coefficient (Wildman–Crippen LogP) is 3.46. The van der Waals surface area contributed by atoms with E-state index in [-0.39, 0.29) is 21.6 Å². The quantitative estimate of drug-likeness (QED) is 0.766. The molecule has 0 radical (unpaired) electrons. The summed E-state index contributed by atoms with van der Waals surface area (Å²) in [5, 5.41) is 0. The van der Waals surface area contributed by atoms with Gasteiger partial charge in [0.05, 0.1) is 9.79 Å². The Balaban J connectivity index is 1.94. The normalized spacial score (nSPS) is 20.6. The maximum Gasteiger partial charge on any atom is 0.294 e. The van der Waals surface area contributed by atoms with E-state index >= 15 is 0 Å². The molecule has 8 heteroatoms. The van der Waals surface area contributed by atoms with Crippen molar-refractivity contribution in [3.05, 3.63) is 58.7 Å². The van der Waals surface area contributed by atoms with Gasteiger partial charge in [-0.15, -0.1) is 0 Å². The van der Waals surface area contributed by atoms with Crippen LogP contribution in [0.25, 0.3) is 0 Å². The molecule has 1 aliphatic rings. The van der Waals surface area contributed by atoms with Gasteiger partial charge >= 0.3 is 0 Å². The van der Waals surface area contributed by atoms with Gasteiger partial charge in [0, 0.05) is 0 Å². The molecule has 1 saturated carbocycles. The summed E-state index contributed by atoms with van der Waals surface area (Å²) in [6.45, 7) is 3.68. The average Bonchev–Trinajstić information content (AvgIpc) is 2.43. The lowest BCUT2D eigenvalue weighted by atomic mass is 9.68. The Morgan fingerprint density at radius 2 is 1.08 bits per heavy atom. The van der Waals surface area contributed by atoms with E-state index in [0.717, 1.165) is 11.1 Å². The third-order valence-corrected chi connectivity index (χ3v) is 6.76. The molecule has 0 heterocycles. The molecule has 1 fully saturated rings. The van der Waals surface area contributed by atoms with Gasteiger partial charge in [-0.25, -0.2) is 0 Å². The summed E-state index contributed by atoms with van der Waals surface area (Å²) in [5.74, 6) is -0.210. The largest absolute Gasteiger partial charge is 0.294 e. The van der Waals surface area contributed by atoms with Crippen molar-refractivity contribution in [3.63, 3.8) is 0 Å². The summed E-state index contributed by atoms with van der Waals surface area (Å²) in [7, 11) is -8.66. The number of benzene rings is 2. The summed E-state index contributed by atoms with van der Waals surface area (Å²) in [5.41, 5.74) is 2.85. The lowest BCUT2D eigenvalue weighted by molar-refractivity contribution is 0.340. The highest BCUT2D eigenvalue weighted by molar-refractivity contribution is 7.86. The van der Waals surface area contributed by atoms with Crippen LogP contribution in [-0.2, 0) is 20.2 Å². The van der Waals surface area contributed by atoms with Gasteiger partial charge in [-0.3, -0.25) is 9.11 Å². The molecule has 0 amide bonds. The van der Waals surface area contributed by atoms with Crippen molar-refractivity contribution in [2.75, 3.05) is 0 Å². The van der Waals surface area contributed by atoms with E-state index in [1.54, 1.807) is 24.3 Å². The van der Waals surface area contributed by atoms with Crippen molar-refractivity contribution in [1.29, 1.82) is 0 Å². The van der Waals surface area contributed by atoms with Crippen molar-refractivity contribution in [2.24, 2.45) is 0 Å². The molecule has 6 nitrogen and oxygen atoms in total. The molecule has 2 aromatic carbocycles. The minimum atomic E-state index is -4.33. The van der Waals surface area contributed by atoms with Crippen LogP contribution in [0.4, 0.5) is 0 Å². The second-order valence-electron chi connectivity index (χ2n) is 6.90. The highest BCUT2D eigenvalue weighted by Crippen LogP contribution is 2.50. The minimum absolute atomic E-state index is 0.105. The molecular weight excluding hydrogens is 376 g/mol. The Bertz CT molecular complexity index is 979. The van der Waals surface area contributed by atoms with Crippen molar-refractivity contribution in [2.45, 2.75) is 48.3 Å². The van der Waals surface area contributed by atoms with Crippen LogP contribution in [0.5, 0.6) is 0 Å². The second kappa shape index (κ2) is 6.45. The van der Waals surface area contributed by atoms with Crippen molar-refractivity contribution >= 4 is 20.2 Å². The fraction of sp³-hybridized carbons (Fsp3) is 0.333. The first-order chi connectivity index (χ1) is 12.0. The third kappa shape index (κ3) is 3.68. The monoisotopic (exact) mass is 396 g/mol. The highest BCUT2D eigenvalue weighted by atomic mass is 32.2. The summed E-state index contributed by atoms with van der Waals surface area (Å²) in [4.78, 5) is -0.211. The first-order valence-electron chi connectivity index (χ1n) is 8.13. The van der Waals surface area contributed by atoms with Gasteiger partial charge in [-0.2, -0.15) is 16.8 Å². The first-order valence-corrected chi connectivity index (χ1v) is 11.0. The maximum atomic E-state index is 11.6. The molecule has 0 bridgehead atoms. The number of hydrogen-bond donors (Lipinski definition) is 2. The number of hydrogen-bond acceptors (Lipinski definition) is 4. The van der Waals surface area contributed by atoms with E-state index < -0.39 is 20.2 Å². The molecule has 0 spiro atoms. The maximum absolute atomic E-state index is 11.6. The molecule has 0 atom stereocenters. The van der Waals surface area contributed by atoms with E-state index in [4.69, 9.17) is 0 Å². The predicted molar refractivity (Wildman–Crippen MR) is 96.7 cm³/mol. The van der Waals surface area contributed by atoms with E-state index in [9.17, 15) is 25.9 Å². The molecule has 140 valence electrons. The smallest absolute Gasteiger partial charge is 0.282 e. The Labute approximate surface area is 153 Å². The van der Waals surface area contributed by atoms with Crippen LogP contribution in [0.1, 0.15) is 46.9 Å². The van der Waals surface area contributed by atoms with Crippen LogP contribution in [0.15, 0.2) is 46.2 Å². The lowest BCUT2D eigenvalue weighted by Gasteiger charge is -2.37. The topological polar surface area (TPSA) is 109 Å². The van der Waals surface area contributed by atoms with Gasteiger partial charge in [0.1, 0.15) is 0 Å². The standard InChI is InChI=1S/C18H20O6S2/c1-11-3-5-17(25(19,20)21)15(7-11)13-9-14(10-13)16-8-12(2)4-6-18(16)26(22,23)24/h3-8,13-14H,9-10H2,1-2H3,(H,19,20,21)(H,22,23,24). The Kier molecular flexibility index (Phi) is 4.72. The molecule has 1 aliphatic carbocycles. The van der Waals surface area contributed by atoms with Crippen LogP contribution >= 0.6 is 0 Å². The Morgan fingerprint density at radius 1 is 0.731 bits per heavy atom.